The first kappa shape index (κ1) is 26.2. The van der Waals surface area contributed by atoms with E-state index in [2.05, 4.69) is 19.8 Å². The summed E-state index contributed by atoms with van der Waals surface area (Å²) in [6.45, 7) is 2.58. The molecule has 1 atom stereocenters. The largest absolute Gasteiger partial charge is 0.481 e. The average molecular weight is 547 g/mol. The molecule has 40 heavy (non-hydrogen) atoms. The van der Waals surface area contributed by atoms with Crippen LogP contribution in [0.3, 0.4) is 0 Å². The number of rotatable bonds is 8. The third-order valence-corrected chi connectivity index (χ3v) is 7.90. The molecule has 1 aliphatic carbocycles. The summed E-state index contributed by atoms with van der Waals surface area (Å²) in [5, 5.41) is 0.215. The Morgan fingerprint density at radius 3 is 2.65 bits per heavy atom. The lowest BCUT2D eigenvalue weighted by Gasteiger charge is -2.40. The summed E-state index contributed by atoms with van der Waals surface area (Å²) in [5.74, 6) is -0.952. The van der Waals surface area contributed by atoms with Gasteiger partial charge in [-0.25, -0.2) is 18.7 Å². The number of methoxy groups -OCH3 is 1. The quantitative estimate of drug-likeness (QED) is 0.344. The van der Waals surface area contributed by atoms with Crippen LogP contribution >= 0.6 is 0 Å². The van der Waals surface area contributed by atoms with Crippen molar-refractivity contribution in [3.8, 4) is 5.88 Å². The van der Waals surface area contributed by atoms with Crippen LogP contribution < -0.4 is 20.8 Å². The van der Waals surface area contributed by atoms with E-state index in [0.717, 1.165) is 62.2 Å². The minimum Gasteiger partial charge on any atom is -0.481 e. The molecule has 1 saturated carbocycles. The van der Waals surface area contributed by atoms with Gasteiger partial charge in [-0.2, -0.15) is 0 Å². The topological polar surface area (TPSA) is 89.5 Å². The van der Waals surface area contributed by atoms with E-state index >= 15 is 0 Å². The van der Waals surface area contributed by atoms with Crippen LogP contribution in [0.2, 0.25) is 0 Å². The van der Waals surface area contributed by atoms with Crippen molar-refractivity contribution in [1.29, 1.82) is 0 Å². The zero-order valence-electron chi connectivity index (χ0n) is 22.4. The highest BCUT2D eigenvalue weighted by Crippen LogP contribution is 2.37. The minimum absolute atomic E-state index is 0.125. The van der Waals surface area contributed by atoms with Gasteiger partial charge in [0.2, 0.25) is 5.88 Å². The van der Waals surface area contributed by atoms with Crippen LogP contribution in [0.1, 0.15) is 42.9 Å². The van der Waals surface area contributed by atoms with Crippen LogP contribution in [0, 0.1) is 11.6 Å². The zero-order chi connectivity index (χ0) is 27.8. The fourth-order valence-corrected chi connectivity index (χ4v) is 5.67. The lowest BCUT2D eigenvalue weighted by molar-refractivity contribution is 0.158. The Bertz CT molecular complexity index is 1590. The van der Waals surface area contributed by atoms with Crippen molar-refractivity contribution in [1.82, 2.24) is 19.4 Å². The highest BCUT2D eigenvalue weighted by Gasteiger charge is 2.29. The van der Waals surface area contributed by atoms with Gasteiger partial charge in [0.05, 0.1) is 24.5 Å². The molecule has 1 aromatic carbocycles. The van der Waals surface area contributed by atoms with Gasteiger partial charge in [0.1, 0.15) is 5.82 Å². The Hall–Kier alpha value is -4.05. The number of halogens is 2. The van der Waals surface area contributed by atoms with Gasteiger partial charge in [-0.05, 0) is 55.5 Å². The monoisotopic (exact) mass is 546 g/mol. The Balaban J connectivity index is 1.37. The van der Waals surface area contributed by atoms with E-state index < -0.39 is 11.6 Å². The maximum atomic E-state index is 14.3. The molecule has 0 radical (unpaired) electrons. The first-order chi connectivity index (χ1) is 19.4. The van der Waals surface area contributed by atoms with Crippen molar-refractivity contribution in [3.05, 3.63) is 88.0 Å². The number of pyridine rings is 3. The Morgan fingerprint density at radius 1 is 1.07 bits per heavy atom. The highest BCUT2D eigenvalue weighted by molar-refractivity contribution is 5.80. The number of ether oxygens (including phenoxy) is 1. The Kier molecular flexibility index (Phi) is 7.10. The molecular formula is C30H32F2N6O2. The van der Waals surface area contributed by atoms with Crippen molar-refractivity contribution < 1.29 is 13.5 Å². The molecule has 0 bridgehead atoms. The number of piperidine rings is 1. The predicted octanol–water partition coefficient (Wildman–Crippen LogP) is 4.67. The summed E-state index contributed by atoms with van der Waals surface area (Å²) in [4.78, 5) is 26.8. The molecule has 6 rings (SSSR count). The number of aromatic nitrogens is 3. The molecule has 10 heteroatoms. The second-order valence-corrected chi connectivity index (χ2v) is 10.7. The molecule has 2 aliphatic rings. The van der Waals surface area contributed by atoms with Crippen LogP contribution in [-0.4, -0.2) is 45.7 Å². The third kappa shape index (κ3) is 5.36. The minimum atomic E-state index is -1.01. The van der Waals surface area contributed by atoms with Gasteiger partial charge in [-0.15, -0.1) is 0 Å². The van der Waals surface area contributed by atoms with Crippen molar-refractivity contribution in [2.45, 2.75) is 50.9 Å². The number of nitrogens with two attached hydrogens (primary N) is 1. The normalized spacial score (nSPS) is 17.5. The van der Waals surface area contributed by atoms with Gasteiger partial charge in [-0.3, -0.25) is 9.69 Å². The van der Waals surface area contributed by atoms with Crippen molar-refractivity contribution in [2.24, 2.45) is 0 Å². The van der Waals surface area contributed by atoms with Gasteiger partial charge in [-0.1, -0.05) is 0 Å². The summed E-state index contributed by atoms with van der Waals surface area (Å²) in [7, 11) is 1.58. The number of fused-ring (bicyclic) bond motifs is 1. The standard InChI is InChI=1S/C30H32F2N6O2/c1-40-29-11-19(8-9-34-29)15-37(23-3-2-10-36(18-23)22-6-7-28(33)35-14-22)16-20-17-38(21-4-5-21)27-13-26(32)25(31)12-24(27)30(20)39/h6-9,11-14,17,21,23H,2-5,10,15-16,18H2,1H3,(H2,33,35)/t23-/m0/s1. The van der Waals surface area contributed by atoms with Crippen LogP contribution in [0.5, 0.6) is 5.88 Å². The fourth-order valence-electron chi connectivity index (χ4n) is 5.67. The maximum absolute atomic E-state index is 14.3. The molecule has 1 saturated heterocycles. The molecule has 2 N–H and O–H groups in total. The number of nitrogen functional groups attached to an aromatic ring is 1. The second kappa shape index (κ2) is 10.8. The summed E-state index contributed by atoms with van der Waals surface area (Å²) >= 11 is 0. The lowest BCUT2D eigenvalue weighted by Crippen LogP contribution is -2.48. The molecule has 0 amide bonds. The molecule has 1 aliphatic heterocycles. The van der Waals surface area contributed by atoms with Crippen molar-refractivity contribution in [2.75, 3.05) is 30.8 Å². The van der Waals surface area contributed by atoms with Gasteiger partial charge >= 0.3 is 0 Å². The molecule has 2 fully saturated rings. The van der Waals surface area contributed by atoms with E-state index in [1.165, 1.54) is 0 Å². The Morgan fingerprint density at radius 2 is 1.90 bits per heavy atom. The average Bonchev–Trinajstić information content (AvgIpc) is 3.81. The van der Waals surface area contributed by atoms with E-state index in [-0.39, 0.29) is 22.9 Å². The van der Waals surface area contributed by atoms with Crippen molar-refractivity contribution in [3.63, 3.8) is 0 Å². The summed E-state index contributed by atoms with van der Waals surface area (Å²) < 4.78 is 35.8. The SMILES string of the molecule is COc1cc(CN(Cc2cn(C3CC3)c3cc(F)c(F)cc3c2=O)[C@H]2CCCN(c3ccc(N)nc3)C2)ccn1. The summed E-state index contributed by atoms with van der Waals surface area (Å²) in [6, 6.07) is 10.1. The van der Waals surface area contributed by atoms with Crippen molar-refractivity contribution >= 4 is 22.4 Å². The van der Waals surface area contributed by atoms with Crippen LogP contribution in [0.25, 0.3) is 10.9 Å². The number of anilines is 2. The predicted molar refractivity (Wildman–Crippen MR) is 150 cm³/mol. The fraction of sp³-hybridized carbons (Fsp3) is 0.367. The zero-order valence-corrected chi connectivity index (χ0v) is 22.4. The number of nitrogens with zero attached hydrogens (tertiary/aromatic N) is 5. The molecule has 3 aromatic heterocycles. The van der Waals surface area contributed by atoms with Gasteiger partial charge < -0.3 is 19.9 Å². The van der Waals surface area contributed by atoms with E-state index in [1.807, 2.05) is 29.0 Å². The third-order valence-electron chi connectivity index (χ3n) is 7.90. The number of hydrogen-bond donors (Lipinski definition) is 1. The van der Waals surface area contributed by atoms with Gasteiger partial charge in [0.25, 0.3) is 0 Å². The lowest BCUT2D eigenvalue weighted by atomic mass is 10.0. The summed E-state index contributed by atoms with van der Waals surface area (Å²) in [5.41, 5.74) is 8.57. The smallest absolute Gasteiger partial charge is 0.213 e. The molecular weight excluding hydrogens is 514 g/mol. The molecule has 4 heterocycles. The number of hydrogen-bond acceptors (Lipinski definition) is 7. The molecule has 208 valence electrons. The van der Waals surface area contributed by atoms with Crippen LogP contribution in [-0.2, 0) is 13.1 Å². The van der Waals surface area contributed by atoms with Crippen LogP contribution in [0.15, 0.2) is 59.8 Å². The highest BCUT2D eigenvalue weighted by atomic mass is 19.2. The molecule has 0 spiro atoms. The Labute approximate surface area is 231 Å². The number of benzene rings is 1. The maximum Gasteiger partial charge on any atom is 0.213 e. The second-order valence-electron chi connectivity index (χ2n) is 10.7. The first-order valence-corrected chi connectivity index (χ1v) is 13.6. The van der Waals surface area contributed by atoms with Gasteiger partial charge in [0, 0.05) is 73.7 Å². The van der Waals surface area contributed by atoms with Gasteiger partial charge in [0.15, 0.2) is 17.1 Å². The van der Waals surface area contributed by atoms with Crippen LogP contribution in [0.4, 0.5) is 20.3 Å². The molecule has 8 nitrogen and oxygen atoms in total. The van der Waals surface area contributed by atoms with E-state index in [1.54, 1.807) is 25.6 Å². The van der Waals surface area contributed by atoms with E-state index in [0.29, 0.717) is 35.9 Å². The summed E-state index contributed by atoms with van der Waals surface area (Å²) in [6.07, 6.45) is 9.18. The van der Waals surface area contributed by atoms with E-state index in [4.69, 9.17) is 10.5 Å². The molecule has 0 unspecified atom stereocenters. The molecule has 4 aromatic rings. The first-order valence-electron chi connectivity index (χ1n) is 13.6. The van der Waals surface area contributed by atoms with E-state index in [9.17, 15) is 13.6 Å².